The lowest BCUT2D eigenvalue weighted by Gasteiger charge is -2.36. The number of carbonyl (C=O) groups excluding carboxylic acids is 2. The Morgan fingerprint density at radius 1 is 0.848 bits per heavy atom. The van der Waals surface area contributed by atoms with Crippen LogP contribution in [0.15, 0.2) is 48.5 Å². The fraction of sp³-hybridized carbons (Fsp3) is 0.346. The average Bonchev–Trinajstić information content (AvgIpc) is 3.22. The van der Waals surface area contributed by atoms with E-state index in [2.05, 4.69) is 39.2 Å². The highest BCUT2D eigenvalue weighted by atomic mass is 16.2. The summed E-state index contributed by atoms with van der Waals surface area (Å²) in [4.78, 5) is 32.7. The van der Waals surface area contributed by atoms with Crippen LogP contribution in [0.3, 0.4) is 0 Å². The van der Waals surface area contributed by atoms with Gasteiger partial charge in [-0.15, -0.1) is 0 Å². The number of piperazine rings is 1. The van der Waals surface area contributed by atoms with Gasteiger partial charge in [-0.2, -0.15) is 5.10 Å². The van der Waals surface area contributed by atoms with E-state index < -0.39 is 0 Å². The Hall–Kier alpha value is -3.45. The molecule has 2 aromatic carbocycles. The number of hydrogen-bond donors (Lipinski definition) is 0. The minimum Gasteiger partial charge on any atom is -0.368 e. The van der Waals surface area contributed by atoms with Gasteiger partial charge in [0.15, 0.2) is 0 Å². The number of benzene rings is 2. The van der Waals surface area contributed by atoms with Gasteiger partial charge in [0.1, 0.15) is 0 Å². The van der Waals surface area contributed by atoms with Crippen LogP contribution < -0.4 is 4.90 Å². The Morgan fingerprint density at radius 2 is 1.58 bits per heavy atom. The van der Waals surface area contributed by atoms with Gasteiger partial charge in [-0.1, -0.05) is 36.4 Å². The first-order valence-electron chi connectivity index (χ1n) is 11.4. The number of hydrogen-bond acceptors (Lipinski definition) is 5. The Morgan fingerprint density at radius 3 is 2.24 bits per heavy atom. The second-order valence-corrected chi connectivity index (χ2v) is 8.92. The highest BCUT2D eigenvalue weighted by molar-refractivity contribution is 6.23. The zero-order chi connectivity index (χ0) is 23.1. The van der Waals surface area contributed by atoms with E-state index in [1.165, 1.54) is 10.5 Å². The van der Waals surface area contributed by atoms with Gasteiger partial charge < -0.3 is 4.90 Å². The van der Waals surface area contributed by atoms with Crippen LogP contribution in [0.25, 0.3) is 0 Å². The van der Waals surface area contributed by atoms with Gasteiger partial charge in [-0.3, -0.25) is 24.1 Å². The topological polar surface area (TPSA) is 61.7 Å². The van der Waals surface area contributed by atoms with Crippen molar-refractivity contribution in [3.8, 4) is 0 Å². The van der Waals surface area contributed by atoms with Crippen LogP contribution >= 0.6 is 0 Å². The minimum absolute atomic E-state index is 0.208. The molecule has 0 bridgehead atoms. The maximum Gasteiger partial charge on any atom is 0.263 e. The molecular formula is C26H29N5O2. The number of rotatable bonds is 5. The van der Waals surface area contributed by atoms with Crippen molar-refractivity contribution in [3.05, 3.63) is 82.2 Å². The summed E-state index contributed by atoms with van der Waals surface area (Å²) in [5.74, 6) is -0.429. The van der Waals surface area contributed by atoms with Crippen molar-refractivity contribution < 1.29 is 9.59 Å². The van der Waals surface area contributed by atoms with E-state index in [1.807, 2.05) is 39.1 Å². The predicted molar refractivity (Wildman–Crippen MR) is 127 cm³/mol. The lowest BCUT2D eigenvalue weighted by atomic mass is 10.1. The van der Waals surface area contributed by atoms with Crippen molar-refractivity contribution in [1.82, 2.24) is 19.6 Å². The van der Waals surface area contributed by atoms with E-state index in [0.29, 0.717) is 11.1 Å². The number of imide groups is 1. The smallest absolute Gasteiger partial charge is 0.263 e. The summed E-state index contributed by atoms with van der Waals surface area (Å²) in [5.41, 5.74) is 5.97. The van der Waals surface area contributed by atoms with Crippen molar-refractivity contribution in [2.45, 2.75) is 26.9 Å². The van der Waals surface area contributed by atoms with E-state index in [9.17, 15) is 9.59 Å². The maximum absolute atomic E-state index is 13.5. The molecule has 3 heterocycles. The lowest BCUT2D eigenvalue weighted by Crippen LogP contribution is -2.46. The molecule has 0 radical (unpaired) electrons. The van der Waals surface area contributed by atoms with E-state index in [-0.39, 0.29) is 18.4 Å². The first-order chi connectivity index (χ1) is 15.9. The minimum atomic E-state index is -0.220. The fourth-order valence-corrected chi connectivity index (χ4v) is 4.92. The van der Waals surface area contributed by atoms with E-state index in [4.69, 9.17) is 0 Å². The predicted octanol–water partition coefficient (Wildman–Crippen LogP) is 3.16. The largest absolute Gasteiger partial charge is 0.368 e. The second kappa shape index (κ2) is 8.48. The highest BCUT2D eigenvalue weighted by Crippen LogP contribution is 2.33. The molecule has 0 unspecified atom stereocenters. The molecule has 5 rings (SSSR count). The van der Waals surface area contributed by atoms with Gasteiger partial charge in [0, 0.05) is 51.0 Å². The third-order valence-electron chi connectivity index (χ3n) is 6.91. The number of aromatic nitrogens is 2. The van der Waals surface area contributed by atoms with Crippen molar-refractivity contribution in [1.29, 1.82) is 0 Å². The van der Waals surface area contributed by atoms with Crippen LogP contribution in [0.5, 0.6) is 0 Å². The van der Waals surface area contributed by atoms with Crippen molar-refractivity contribution in [2.24, 2.45) is 7.05 Å². The van der Waals surface area contributed by atoms with E-state index >= 15 is 0 Å². The third-order valence-corrected chi connectivity index (χ3v) is 6.91. The molecule has 0 N–H and O–H groups in total. The number of anilines is 1. The van der Waals surface area contributed by atoms with E-state index in [1.54, 1.807) is 10.7 Å². The highest BCUT2D eigenvalue weighted by Gasteiger charge is 2.39. The molecule has 2 aliphatic rings. The quantitative estimate of drug-likeness (QED) is 0.567. The molecule has 0 aliphatic carbocycles. The number of nitrogens with zero attached hydrogens (tertiary/aromatic N) is 5. The summed E-state index contributed by atoms with van der Waals surface area (Å²) < 4.78 is 1.79. The van der Waals surface area contributed by atoms with Gasteiger partial charge in [-0.05, 0) is 31.5 Å². The number of carbonyl (C=O) groups is 2. The fourth-order valence-electron chi connectivity index (χ4n) is 4.92. The molecule has 7 heteroatoms. The molecule has 0 atom stereocenters. The Kier molecular flexibility index (Phi) is 5.50. The molecule has 170 valence electrons. The molecular weight excluding hydrogens is 414 g/mol. The molecule has 2 amide bonds. The zero-order valence-corrected chi connectivity index (χ0v) is 19.4. The van der Waals surface area contributed by atoms with Gasteiger partial charge in [0.05, 0.1) is 29.1 Å². The van der Waals surface area contributed by atoms with Crippen LogP contribution in [0.4, 0.5) is 5.69 Å². The maximum atomic E-state index is 13.5. The van der Waals surface area contributed by atoms with Gasteiger partial charge in [0.25, 0.3) is 11.8 Å². The summed E-state index contributed by atoms with van der Waals surface area (Å²) in [5, 5.41) is 4.43. The molecule has 2 aliphatic heterocycles. The average molecular weight is 444 g/mol. The van der Waals surface area contributed by atoms with Crippen LogP contribution in [-0.2, 0) is 20.1 Å². The Bertz CT molecular complexity index is 1210. The molecule has 33 heavy (non-hydrogen) atoms. The monoisotopic (exact) mass is 443 g/mol. The first kappa shape index (κ1) is 21.4. The van der Waals surface area contributed by atoms with Crippen LogP contribution in [0, 0.1) is 13.8 Å². The summed E-state index contributed by atoms with van der Waals surface area (Å²) in [7, 11) is 1.88. The van der Waals surface area contributed by atoms with Gasteiger partial charge in [-0.25, -0.2) is 0 Å². The van der Waals surface area contributed by atoms with E-state index in [0.717, 1.165) is 55.4 Å². The molecule has 1 aromatic heterocycles. The standard InChI is InChI=1S/C26H29N5O2/c1-18-22(19(2)28(3)27-18)17-31-25(32)21-10-7-11-23(24(21)26(31)33)30-14-12-29(13-15-30)16-20-8-5-4-6-9-20/h4-11H,12-17H2,1-3H3. The Labute approximate surface area is 194 Å². The summed E-state index contributed by atoms with van der Waals surface area (Å²) in [6.45, 7) is 8.54. The molecule has 7 nitrogen and oxygen atoms in total. The second-order valence-electron chi connectivity index (χ2n) is 8.92. The van der Waals surface area contributed by atoms with Crippen molar-refractivity contribution in [2.75, 3.05) is 31.1 Å². The molecule has 0 spiro atoms. The first-order valence-corrected chi connectivity index (χ1v) is 11.4. The van der Waals surface area contributed by atoms with Crippen LogP contribution in [0.1, 0.15) is 43.2 Å². The zero-order valence-electron chi connectivity index (χ0n) is 19.4. The normalized spacial score (nSPS) is 16.6. The van der Waals surface area contributed by atoms with Crippen LogP contribution in [-0.4, -0.2) is 57.6 Å². The number of aryl methyl sites for hydroxylation is 2. The van der Waals surface area contributed by atoms with Crippen molar-refractivity contribution in [3.63, 3.8) is 0 Å². The van der Waals surface area contributed by atoms with Crippen LogP contribution in [0.2, 0.25) is 0 Å². The number of fused-ring (bicyclic) bond motifs is 1. The SMILES string of the molecule is Cc1nn(C)c(C)c1CN1C(=O)c2cccc(N3CCN(Cc4ccccc4)CC3)c2C1=O. The Balaban J connectivity index is 1.34. The lowest BCUT2D eigenvalue weighted by molar-refractivity contribution is 0.0642. The molecule has 0 saturated carbocycles. The van der Waals surface area contributed by atoms with Gasteiger partial charge in [0.2, 0.25) is 0 Å². The summed E-state index contributed by atoms with van der Waals surface area (Å²) in [6, 6.07) is 16.1. The summed E-state index contributed by atoms with van der Waals surface area (Å²) in [6.07, 6.45) is 0. The van der Waals surface area contributed by atoms with Gasteiger partial charge >= 0.3 is 0 Å². The molecule has 3 aromatic rings. The summed E-state index contributed by atoms with van der Waals surface area (Å²) >= 11 is 0. The molecule has 1 fully saturated rings. The number of amides is 2. The molecule has 1 saturated heterocycles. The van der Waals surface area contributed by atoms with Crippen molar-refractivity contribution >= 4 is 17.5 Å². The third kappa shape index (κ3) is 3.82.